The SMILES string of the molecule is CCC(CC)(CNC1CC1)CN1CCSC(C)(C)C1. The Balaban J connectivity index is 1.90. The summed E-state index contributed by atoms with van der Waals surface area (Å²) in [5.74, 6) is 1.30. The monoisotopic (exact) mass is 284 g/mol. The highest BCUT2D eigenvalue weighted by Crippen LogP contribution is 2.34. The second-order valence-corrected chi connectivity index (χ2v) is 8.98. The Morgan fingerprint density at radius 3 is 2.47 bits per heavy atom. The van der Waals surface area contributed by atoms with Crippen molar-refractivity contribution in [1.29, 1.82) is 0 Å². The Kier molecular flexibility index (Phi) is 5.24. The van der Waals surface area contributed by atoms with Crippen molar-refractivity contribution in [1.82, 2.24) is 10.2 Å². The molecule has 0 aromatic rings. The molecule has 3 heteroatoms. The van der Waals surface area contributed by atoms with Crippen LogP contribution < -0.4 is 5.32 Å². The fraction of sp³-hybridized carbons (Fsp3) is 1.00. The molecule has 1 aliphatic heterocycles. The third-order valence-corrected chi connectivity index (χ3v) is 6.20. The molecule has 0 atom stereocenters. The molecule has 19 heavy (non-hydrogen) atoms. The van der Waals surface area contributed by atoms with Gasteiger partial charge in [-0.15, -0.1) is 0 Å². The van der Waals surface area contributed by atoms with Gasteiger partial charge in [0.05, 0.1) is 0 Å². The molecule has 1 N–H and O–H groups in total. The Bertz CT molecular complexity index is 282. The van der Waals surface area contributed by atoms with Gasteiger partial charge in [0.25, 0.3) is 0 Å². The lowest BCUT2D eigenvalue weighted by Gasteiger charge is -2.43. The Morgan fingerprint density at radius 1 is 1.26 bits per heavy atom. The summed E-state index contributed by atoms with van der Waals surface area (Å²) >= 11 is 2.14. The van der Waals surface area contributed by atoms with E-state index in [2.05, 4.69) is 49.7 Å². The normalized spacial score (nSPS) is 24.6. The number of nitrogens with zero attached hydrogens (tertiary/aromatic N) is 1. The zero-order valence-electron chi connectivity index (χ0n) is 13.3. The van der Waals surface area contributed by atoms with Crippen LogP contribution in [0.1, 0.15) is 53.4 Å². The van der Waals surface area contributed by atoms with Crippen molar-refractivity contribution in [2.45, 2.75) is 64.2 Å². The molecule has 0 aromatic carbocycles. The molecule has 112 valence electrons. The fourth-order valence-corrected chi connectivity index (χ4v) is 4.33. The number of nitrogens with one attached hydrogen (secondary N) is 1. The second-order valence-electron chi connectivity index (χ2n) is 7.18. The van der Waals surface area contributed by atoms with E-state index in [1.165, 1.54) is 57.6 Å². The molecule has 0 aromatic heterocycles. The maximum absolute atomic E-state index is 3.78. The molecular formula is C16H32N2S. The Labute approximate surface area is 124 Å². The van der Waals surface area contributed by atoms with E-state index >= 15 is 0 Å². The van der Waals surface area contributed by atoms with Crippen LogP contribution in [-0.2, 0) is 0 Å². The highest BCUT2D eigenvalue weighted by molar-refractivity contribution is 8.00. The molecule has 2 rings (SSSR count). The lowest BCUT2D eigenvalue weighted by molar-refractivity contribution is 0.129. The van der Waals surface area contributed by atoms with Crippen LogP contribution in [0.25, 0.3) is 0 Å². The summed E-state index contributed by atoms with van der Waals surface area (Å²) in [4.78, 5) is 2.72. The average Bonchev–Trinajstić information content (AvgIpc) is 3.17. The average molecular weight is 285 g/mol. The first kappa shape index (κ1) is 15.7. The minimum Gasteiger partial charge on any atom is -0.313 e. The van der Waals surface area contributed by atoms with Crippen LogP contribution in [0.3, 0.4) is 0 Å². The van der Waals surface area contributed by atoms with Crippen LogP contribution in [0.15, 0.2) is 0 Å². The summed E-state index contributed by atoms with van der Waals surface area (Å²) < 4.78 is 0.440. The van der Waals surface area contributed by atoms with E-state index in [0.29, 0.717) is 10.2 Å². The topological polar surface area (TPSA) is 15.3 Å². The quantitative estimate of drug-likeness (QED) is 0.771. The van der Waals surface area contributed by atoms with E-state index in [1.54, 1.807) is 0 Å². The molecule has 0 amide bonds. The molecule has 2 fully saturated rings. The van der Waals surface area contributed by atoms with Gasteiger partial charge in [-0.3, -0.25) is 0 Å². The van der Waals surface area contributed by atoms with Crippen molar-refractivity contribution in [2.24, 2.45) is 5.41 Å². The Morgan fingerprint density at radius 2 is 1.95 bits per heavy atom. The molecule has 0 unspecified atom stereocenters. The van der Waals surface area contributed by atoms with Crippen LogP contribution in [0.4, 0.5) is 0 Å². The molecule has 0 radical (unpaired) electrons. The molecule has 1 aliphatic carbocycles. The summed E-state index contributed by atoms with van der Waals surface area (Å²) in [6, 6.07) is 0.839. The van der Waals surface area contributed by atoms with Crippen molar-refractivity contribution >= 4 is 11.8 Å². The van der Waals surface area contributed by atoms with Crippen molar-refractivity contribution in [3.05, 3.63) is 0 Å². The predicted molar refractivity (Wildman–Crippen MR) is 87.0 cm³/mol. The van der Waals surface area contributed by atoms with Gasteiger partial charge in [-0.1, -0.05) is 13.8 Å². The van der Waals surface area contributed by atoms with Gasteiger partial charge >= 0.3 is 0 Å². The van der Waals surface area contributed by atoms with Gasteiger partial charge in [0.15, 0.2) is 0 Å². The molecule has 2 nitrogen and oxygen atoms in total. The van der Waals surface area contributed by atoms with Gasteiger partial charge in [-0.25, -0.2) is 0 Å². The molecular weight excluding hydrogens is 252 g/mol. The van der Waals surface area contributed by atoms with E-state index in [4.69, 9.17) is 0 Å². The summed E-state index contributed by atoms with van der Waals surface area (Å²) in [6.07, 6.45) is 5.40. The summed E-state index contributed by atoms with van der Waals surface area (Å²) in [7, 11) is 0. The molecule has 0 spiro atoms. The minimum atomic E-state index is 0.440. The van der Waals surface area contributed by atoms with E-state index in [0.717, 1.165) is 6.04 Å². The molecule has 1 saturated carbocycles. The predicted octanol–water partition coefficient (Wildman–Crippen LogP) is 3.37. The standard InChI is InChI=1S/C16H32N2S/c1-5-16(6-2,11-17-14-7-8-14)13-18-9-10-19-15(3,4)12-18/h14,17H,5-13H2,1-4H3. The van der Waals surface area contributed by atoms with Gasteiger partial charge < -0.3 is 10.2 Å². The van der Waals surface area contributed by atoms with Gasteiger partial charge in [0, 0.05) is 42.7 Å². The fourth-order valence-electron chi connectivity index (χ4n) is 3.15. The summed E-state index contributed by atoms with van der Waals surface area (Å²) in [5.41, 5.74) is 0.487. The number of hydrogen-bond acceptors (Lipinski definition) is 3. The van der Waals surface area contributed by atoms with Gasteiger partial charge in [-0.2, -0.15) is 11.8 Å². The molecule has 1 heterocycles. The largest absolute Gasteiger partial charge is 0.313 e. The second kappa shape index (κ2) is 6.36. The highest BCUT2D eigenvalue weighted by Gasteiger charge is 2.34. The minimum absolute atomic E-state index is 0.440. The van der Waals surface area contributed by atoms with Crippen LogP contribution in [0.5, 0.6) is 0 Å². The van der Waals surface area contributed by atoms with Gasteiger partial charge in [0.1, 0.15) is 0 Å². The van der Waals surface area contributed by atoms with E-state index in [-0.39, 0.29) is 0 Å². The lowest BCUT2D eigenvalue weighted by Crippen LogP contribution is -2.50. The van der Waals surface area contributed by atoms with E-state index < -0.39 is 0 Å². The highest BCUT2D eigenvalue weighted by atomic mass is 32.2. The van der Waals surface area contributed by atoms with Crippen molar-refractivity contribution in [3.63, 3.8) is 0 Å². The Hall–Kier alpha value is 0.270. The number of thioether (sulfide) groups is 1. The maximum atomic E-state index is 3.78. The van der Waals surface area contributed by atoms with E-state index in [1.807, 2.05) is 0 Å². The summed E-state index contributed by atoms with van der Waals surface area (Å²) in [6.45, 7) is 14.6. The third kappa shape index (κ3) is 4.64. The number of rotatable bonds is 7. The first-order valence-corrected chi connectivity index (χ1v) is 9.07. The molecule has 2 aliphatic rings. The van der Waals surface area contributed by atoms with Crippen LogP contribution in [0, 0.1) is 5.41 Å². The number of hydrogen-bond donors (Lipinski definition) is 1. The first-order chi connectivity index (χ1) is 8.99. The van der Waals surface area contributed by atoms with E-state index in [9.17, 15) is 0 Å². The summed E-state index contributed by atoms with van der Waals surface area (Å²) in [5, 5.41) is 3.78. The van der Waals surface area contributed by atoms with Crippen molar-refractivity contribution in [3.8, 4) is 0 Å². The van der Waals surface area contributed by atoms with Crippen LogP contribution in [-0.4, -0.2) is 47.6 Å². The molecule has 1 saturated heterocycles. The maximum Gasteiger partial charge on any atom is 0.0231 e. The smallest absolute Gasteiger partial charge is 0.0231 e. The molecule has 0 bridgehead atoms. The van der Waals surface area contributed by atoms with Gasteiger partial charge in [-0.05, 0) is 44.9 Å². The third-order valence-electron chi connectivity index (χ3n) is 4.91. The van der Waals surface area contributed by atoms with Crippen LogP contribution in [0.2, 0.25) is 0 Å². The zero-order valence-corrected chi connectivity index (χ0v) is 14.1. The lowest BCUT2D eigenvalue weighted by atomic mass is 9.81. The van der Waals surface area contributed by atoms with Crippen molar-refractivity contribution < 1.29 is 0 Å². The van der Waals surface area contributed by atoms with Crippen molar-refractivity contribution in [2.75, 3.05) is 31.9 Å². The van der Waals surface area contributed by atoms with Crippen LogP contribution >= 0.6 is 11.8 Å². The zero-order chi connectivity index (χ0) is 13.9. The first-order valence-electron chi connectivity index (χ1n) is 8.08. The van der Waals surface area contributed by atoms with Gasteiger partial charge in [0.2, 0.25) is 0 Å².